The first-order valence-electron chi connectivity index (χ1n) is 11.2. The summed E-state index contributed by atoms with van der Waals surface area (Å²) in [4.78, 5) is 27.4. The first kappa shape index (κ1) is 20.1. The minimum absolute atomic E-state index is 0.0804. The molecule has 2 atom stereocenters. The number of ether oxygens (including phenoxy) is 1. The summed E-state index contributed by atoms with van der Waals surface area (Å²) in [7, 11) is 1.72. The van der Waals surface area contributed by atoms with Gasteiger partial charge in [-0.1, -0.05) is 24.3 Å². The van der Waals surface area contributed by atoms with E-state index in [1.54, 1.807) is 13.2 Å². The molecule has 0 spiro atoms. The lowest BCUT2D eigenvalue weighted by atomic mass is 9.83. The number of methoxy groups -OCH3 is 1. The summed E-state index contributed by atoms with van der Waals surface area (Å²) in [5.41, 5.74) is 3.57. The maximum Gasteiger partial charge on any atom is 0.250 e. The number of piperidine rings is 1. The normalized spacial score (nSPS) is 20.1. The molecule has 1 aromatic carbocycles. The van der Waals surface area contributed by atoms with Crippen LogP contribution < -0.4 is 5.56 Å². The number of likely N-dealkylation sites (tertiary alicyclic amines) is 1. The largest absolute Gasteiger partial charge is 0.383 e. The zero-order valence-electron chi connectivity index (χ0n) is 18.0. The van der Waals surface area contributed by atoms with Gasteiger partial charge >= 0.3 is 0 Å². The number of hydrogen-bond acceptors (Lipinski definition) is 3. The van der Waals surface area contributed by atoms with Gasteiger partial charge in [-0.2, -0.15) is 0 Å². The van der Waals surface area contributed by atoms with Crippen LogP contribution in [0.1, 0.15) is 30.0 Å². The molecule has 31 heavy (non-hydrogen) atoms. The van der Waals surface area contributed by atoms with Crippen LogP contribution in [-0.4, -0.2) is 46.7 Å². The molecular weight excluding hydrogens is 390 g/mol. The third kappa shape index (κ3) is 3.81. The van der Waals surface area contributed by atoms with Crippen molar-refractivity contribution in [1.82, 2.24) is 14.0 Å². The van der Waals surface area contributed by atoms with Crippen molar-refractivity contribution in [2.75, 3.05) is 26.8 Å². The number of aryl methyl sites for hydroxylation is 1. The number of hydrogen-bond donors (Lipinski definition) is 0. The van der Waals surface area contributed by atoms with Gasteiger partial charge in [0.1, 0.15) is 0 Å². The smallest absolute Gasteiger partial charge is 0.250 e. The van der Waals surface area contributed by atoms with Gasteiger partial charge in [0.15, 0.2) is 0 Å². The van der Waals surface area contributed by atoms with Crippen LogP contribution in [0.4, 0.5) is 0 Å². The van der Waals surface area contributed by atoms with Crippen molar-refractivity contribution in [3.8, 4) is 0 Å². The second-order valence-electron chi connectivity index (χ2n) is 8.85. The van der Waals surface area contributed by atoms with Crippen molar-refractivity contribution in [2.24, 2.45) is 5.92 Å². The summed E-state index contributed by atoms with van der Waals surface area (Å²) in [5, 5.41) is 1.22. The number of carbonyl (C=O) groups excluding carboxylic acids is 1. The molecule has 1 fully saturated rings. The van der Waals surface area contributed by atoms with Crippen LogP contribution in [0.15, 0.2) is 53.5 Å². The van der Waals surface area contributed by atoms with Gasteiger partial charge < -0.3 is 18.8 Å². The van der Waals surface area contributed by atoms with Gasteiger partial charge in [-0.15, -0.1) is 0 Å². The molecule has 2 aromatic heterocycles. The van der Waals surface area contributed by atoms with Gasteiger partial charge in [0.2, 0.25) is 5.91 Å². The van der Waals surface area contributed by atoms with E-state index in [1.807, 2.05) is 21.6 Å². The fourth-order valence-electron chi connectivity index (χ4n) is 5.40. The van der Waals surface area contributed by atoms with E-state index in [0.29, 0.717) is 25.5 Å². The number of fused-ring (bicyclic) bond motifs is 5. The predicted octanol–water partition coefficient (Wildman–Crippen LogP) is 3.03. The molecule has 0 N–H and O–H groups in total. The van der Waals surface area contributed by atoms with Gasteiger partial charge in [-0.3, -0.25) is 9.59 Å². The van der Waals surface area contributed by atoms with Crippen LogP contribution in [0.5, 0.6) is 0 Å². The molecule has 2 bridgehead atoms. The maximum atomic E-state index is 13.1. The van der Waals surface area contributed by atoms with E-state index < -0.39 is 0 Å². The van der Waals surface area contributed by atoms with Gasteiger partial charge in [0.25, 0.3) is 5.56 Å². The predicted molar refractivity (Wildman–Crippen MR) is 120 cm³/mol. The minimum atomic E-state index is 0.0804. The van der Waals surface area contributed by atoms with Gasteiger partial charge in [0.05, 0.1) is 6.61 Å². The molecule has 1 saturated heterocycles. The first-order chi connectivity index (χ1) is 15.1. The zero-order valence-corrected chi connectivity index (χ0v) is 18.0. The Kier molecular flexibility index (Phi) is 5.40. The standard InChI is InChI=1S/C25H29N3O3/c1-31-12-11-26-16-19(21-5-2-3-6-23(21)26)9-10-24(29)27-14-18-13-20(17-27)22-7-4-8-25(30)28(22)15-18/h2-8,16,18,20H,9-15,17H2,1H3/t18-,20+/m0/s1. The third-order valence-electron chi connectivity index (χ3n) is 6.85. The van der Waals surface area contributed by atoms with Gasteiger partial charge in [-0.25, -0.2) is 0 Å². The highest BCUT2D eigenvalue weighted by atomic mass is 16.5. The van der Waals surface area contributed by atoms with E-state index in [2.05, 4.69) is 35.0 Å². The Morgan fingerprint density at radius 2 is 1.97 bits per heavy atom. The van der Waals surface area contributed by atoms with E-state index in [0.717, 1.165) is 38.2 Å². The van der Waals surface area contributed by atoms with E-state index in [9.17, 15) is 9.59 Å². The van der Waals surface area contributed by atoms with E-state index in [4.69, 9.17) is 4.74 Å². The molecule has 4 heterocycles. The average Bonchev–Trinajstić information content (AvgIpc) is 3.14. The van der Waals surface area contributed by atoms with Crippen molar-refractivity contribution in [1.29, 1.82) is 0 Å². The summed E-state index contributed by atoms with van der Waals surface area (Å²) in [6.07, 6.45) is 4.49. The number of pyridine rings is 1. The molecule has 0 unspecified atom stereocenters. The number of rotatable bonds is 6. The number of para-hydroxylation sites is 1. The minimum Gasteiger partial charge on any atom is -0.383 e. The highest BCUT2D eigenvalue weighted by Gasteiger charge is 2.36. The summed E-state index contributed by atoms with van der Waals surface area (Å²) >= 11 is 0. The van der Waals surface area contributed by atoms with Crippen LogP contribution in [-0.2, 0) is 29.0 Å². The summed E-state index contributed by atoms with van der Waals surface area (Å²) in [5.74, 6) is 0.850. The highest BCUT2D eigenvalue weighted by molar-refractivity contribution is 5.85. The summed E-state index contributed by atoms with van der Waals surface area (Å²) < 4.78 is 9.38. The molecule has 0 saturated carbocycles. The molecule has 0 aliphatic carbocycles. The lowest BCUT2D eigenvalue weighted by Gasteiger charge is -2.42. The lowest BCUT2D eigenvalue weighted by Crippen LogP contribution is -2.49. The van der Waals surface area contributed by atoms with E-state index in [1.165, 1.54) is 16.5 Å². The number of carbonyl (C=O) groups is 1. The molecule has 2 aliphatic rings. The lowest BCUT2D eigenvalue weighted by molar-refractivity contribution is -0.133. The fourth-order valence-corrected chi connectivity index (χ4v) is 5.40. The average molecular weight is 420 g/mol. The fraction of sp³-hybridized carbons (Fsp3) is 0.440. The number of benzene rings is 1. The Balaban J connectivity index is 1.29. The molecule has 2 aliphatic heterocycles. The Labute approximate surface area is 182 Å². The molecule has 162 valence electrons. The quantitative estimate of drug-likeness (QED) is 0.617. The Bertz CT molecular complexity index is 1160. The Hall–Kier alpha value is -2.86. The monoisotopic (exact) mass is 419 g/mol. The van der Waals surface area contributed by atoms with Crippen LogP contribution in [0.3, 0.4) is 0 Å². The zero-order chi connectivity index (χ0) is 21.4. The molecule has 0 radical (unpaired) electrons. The van der Waals surface area contributed by atoms with E-state index >= 15 is 0 Å². The van der Waals surface area contributed by atoms with E-state index in [-0.39, 0.29) is 17.4 Å². The molecule has 6 heteroatoms. The second kappa shape index (κ2) is 8.35. The van der Waals surface area contributed by atoms with Gasteiger partial charge in [0, 0.05) is 74.5 Å². The molecule has 6 nitrogen and oxygen atoms in total. The molecule has 3 aromatic rings. The summed E-state index contributed by atoms with van der Waals surface area (Å²) in [6, 6.07) is 13.9. The van der Waals surface area contributed by atoms with Crippen LogP contribution in [0.2, 0.25) is 0 Å². The number of amides is 1. The summed E-state index contributed by atoms with van der Waals surface area (Å²) in [6.45, 7) is 3.67. The van der Waals surface area contributed by atoms with Crippen LogP contribution in [0.25, 0.3) is 10.9 Å². The first-order valence-corrected chi connectivity index (χ1v) is 11.2. The van der Waals surface area contributed by atoms with Crippen molar-refractivity contribution >= 4 is 16.8 Å². The van der Waals surface area contributed by atoms with Gasteiger partial charge in [-0.05, 0) is 36.5 Å². The third-order valence-corrected chi connectivity index (χ3v) is 6.85. The highest BCUT2D eigenvalue weighted by Crippen LogP contribution is 2.35. The number of nitrogens with zero attached hydrogens (tertiary/aromatic N) is 3. The van der Waals surface area contributed by atoms with Crippen LogP contribution in [0, 0.1) is 5.92 Å². The molecule has 1 amide bonds. The second-order valence-corrected chi connectivity index (χ2v) is 8.85. The number of aromatic nitrogens is 2. The van der Waals surface area contributed by atoms with Crippen molar-refractivity contribution in [3.05, 3.63) is 70.3 Å². The Morgan fingerprint density at radius 3 is 2.84 bits per heavy atom. The topological polar surface area (TPSA) is 56.5 Å². The van der Waals surface area contributed by atoms with Crippen LogP contribution >= 0.6 is 0 Å². The van der Waals surface area contributed by atoms with Crippen molar-refractivity contribution < 1.29 is 9.53 Å². The van der Waals surface area contributed by atoms with Crippen molar-refractivity contribution in [2.45, 2.75) is 38.3 Å². The molecule has 5 rings (SSSR count). The maximum absolute atomic E-state index is 13.1. The van der Waals surface area contributed by atoms with Crippen molar-refractivity contribution in [3.63, 3.8) is 0 Å². The Morgan fingerprint density at radius 1 is 1.10 bits per heavy atom. The molecular formula is C25H29N3O3. The SMILES string of the molecule is COCCn1cc(CCC(=O)N2C[C@@H]3C[C@H](C2)c2cccc(=O)n2C3)c2ccccc21.